The first-order chi connectivity index (χ1) is 13.5. The number of hydrogen-bond donors (Lipinski definition) is 3. The molecular formula is C22H23FN2O3. The smallest absolute Gasteiger partial charge is 0.319 e. The first kappa shape index (κ1) is 17.5. The fourth-order valence-corrected chi connectivity index (χ4v) is 4.71. The second kappa shape index (κ2) is 6.48. The lowest BCUT2D eigenvalue weighted by Gasteiger charge is -2.48. The molecule has 1 spiro atoms. The van der Waals surface area contributed by atoms with Gasteiger partial charge < -0.3 is 20.5 Å². The summed E-state index contributed by atoms with van der Waals surface area (Å²) in [4.78, 5) is 12.8. The number of nitrogens with one attached hydrogen (secondary N) is 2. The number of carbonyl (C=O) groups is 1. The van der Waals surface area contributed by atoms with Crippen molar-refractivity contribution in [1.82, 2.24) is 5.32 Å². The number of aliphatic hydroxyl groups excluding tert-OH is 1. The van der Waals surface area contributed by atoms with Crippen molar-refractivity contribution in [3.63, 3.8) is 0 Å². The van der Waals surface area contributed by atoms with E-state index >= 15 is 0 Å². The van der Waals surface area contributed by atoms with Gasteiger partial charge in [-0.3, -0.25) is 0 Å². The molecule has 0 saturated heterocycles. The highest BCUT2D eigenvalue weighted by Crippen LogP contribution is 2.49. The number of urea groups is 1. The number of rotatable bonds is 2. The van der Waals surface area contributed by atoms with Gasteiger partial charge in [-0.05, 0) is 61.1 Å². The van der Waals surface area contributed by atoms with Crippen molar-refractivity contribution in [2.75, 3.05) is 5.32 Å². The quantitative estimate of drug-likeness (QED) is 0.739. The molecule has 1 fully saturated rings. The van der Waals surface area contributed by atoms with Gasteiger partial charge in [-0.1, -0.05) is 12.1 Å². The summed E-state index contributed by atoms with van der Waals surface area (Å²) in [5.74, 6) is 0.315. The molecule has 0 radical (unpaired) electrons. The molecule has 3 aliphatic rings. The summed E-state index contributed by atoms with van der Waals surface area (Å²) in [5.41, 5.74) is 3.20. The van der Waals surface area contributed by atoms with E-state index in [9.17, 15) is 14.3 Å². The van der Waals surface area contributed by atoms with E-state index in [0.29, 0.717) is 30.6 Å². The van der Waals surface area contributed by atoms with Crippen LogP contribution in [-0.4, -0.2) is 22.8 Å². The molecule has 2 amide bonds. The maximum absolute atomic E-state index is 13.8. The van der Waals surface area contributed by atoms with Gasteiger partial charge in [0.15, 0.2) is 0 Å². The van der Waals surface area contributed by atoms with Crippen LogP contribution in [-0.2, 0) is 12.8 Å². The minimum absolute atomic E-state index is 0.249. The highest BCUT2D eigenvalue weighted by Gasteiger charge is 2.46. The van der Waals surface area contributed by atoms with Crippen LogP contribution in [0.15, 0.2) is 36.4 Å². The Morgan fingerprint density at radius 3 is 2.86 bits per heavy atom. The molecule has 0 aromatic heterocycles. The molecule has 2 atom stereocenters. The summed E-state index contributed by atoms with van der Waals surface area (Å²) in [5, 5.41) is 15.9. The molecular weight excluding hydrogens is 359 g/mol. The molecule has 2 aromatic carbocycles. The molecule has 6 heteroatoms. The van der Waals surface area contributed by atoms with Crippen molar-refractivity contribution >= 4 is 11.7 Å². The summed E-state index contributed by atoms with van der Waals surface area (Å²) in [6.07, 6.45) is 4.41. The van der Waals surface area contributed by atoms with Crippen molar-refractivity contribution in [2.24, 2.45) is 0 Å². The topological polar surface area (TPSA) is 70.6 Å². The molecule has 0 bridgehead atoms. The first-order valence-electron chi connectivity index (χ1n) is 9.86. The van der Waals surface area contributed by atoms with Crippen LogP contribution >= 0.6 is 0 Å². The number of hydrogen-bond acceptors (Lipinski definition) is 3. The van der Waals surface area contributed by atoms with E-state index in [1.807, 2.05) is 18.2 Å². The van der Waals surface area contributed by atoms with E-state index in [1.165, 1.54) is 12.1 Å². The monoisotopic (exact) mass is 382 g/mol. The van der Waals surface area contributed by atoms with Crippen molar-refractivity contribution < 1.29 is 19.0 Å². The maximum Gasteiger partial charge on any atom is 0.319 e. The fraction of sp³-hybridized carbons (Fsp3) is 0.409. The van der Waals surface area contributed by atoms with Crippen LogP contribution in [0.1, 0.15) is 48.4 Å². The molecule has 28 heavy (non-hydrogen) atoms. The van der Waals surface area contributed by atoms with Crippen LogP contribution < -0.4 is 15.4 Å². The average molecular weight is 382 g/mol. The largest absolute Gasteiger partial charge is 0.487 e. The van der Waals surface area contributed by atoms with Crippen molar-refractivity contribution in [1.29, 1.82) is 0 Å². The van der Waals surface area contributed by atoms with Crippen LogP contribution in [0.5, 0.6) is 5.75 Å². The van der Waals surface area contributed by atoms with Crippen LogP contribution in [0, 0.1) is 5.82 Å². The Morgan fingerprint density at radius 1 is 1.21 bits per heavy atom. The van der Waals surface area contributed by atoms with Gasteiger partial charge in [0.05, 0.1) is 12.1 Å². The number of amides is 2. The number of halogens is 1. The van der Waals surface area contributed by atoms with E-state index in [-0.39, 0.29) is 23.5 Å². The number of ether oxygens (including phenoxy) is 1. The van der Waals surface area contributed by atoms with Crippen LogP contribution in [0.4, 0.5) is 14.9 Å². The Kier molecular flexibility index (Phi) is 4.05. The molecule has 2 aromatic rings. The second-order valence-electron chi connectivity index (χ2n) is 8.18. The van der Waals surface area contributed by atoms with Gasteiger partial charge in [-0.2, -0.15) is 0 Å². The highest BCUT2D eigenvalue weighted by atomic mass is 19.1. The summed E-state index contributed by atoms with van der Waals surface area (Å²) in [7, 11) is 0. The molecule has 3 N–H and O–H groups in total. The molecule has 1 aliphatic heterocycles. The van der Waals surface area contributed by atoms with E-state index < -0.39 is 6.10 Å². The minimum atomic E-state index is -0.398. The summed E-state index contributed by atoms with van der Waals surface area (Å²) < 4.78 is 20.0. The lowest BCUT2D eigenvalue weighted by molar-refractivity contribution is -0.0355. The molecule has 5 rings (SSSR count). The number of anilines is 1. The van der Waals surface area contributed by atoms with Gasteiger partial charge in [0.2, 0.25) is 0 Å². The molecule has 5 nitrogen and oxygen atoms in total. The Bertz CT molecular complexity index is 941. The van der Waals surface area contributed by atoms with Gasteiger partial charge in [0.1, 0.15) is 17.2 Å². The number of benzene rings is 2. The second-order valence-corrected chi connectivity index (χ2v) is 8.18. The van der Waals surface area contributed by atoms with Crippen molar-refractivity contribution in [3.05, 3.63) is 58.9 Å². The third-order valence-corrected chi connectivity index (χ3v) is 6.24. The maximum atomic E-state index is 13.8. The Labute approximate surface area is 162 Å². The fourth-order valence-electron chi connectivity index (χ4n) is 4.71. The molecule has 2 aliphatic carbocycles. The van der Waals surface area contributed by atoms with Crippen molar-refractivity contribution in [2.45, 2.75) is 56.3 Å². The van der Waals surface area contributed by atoms with Crippen LogP contribution in [0.25, 0.3) is 0 Å². The van der Waals surface area contributed by atoms with E-state index in [4.69, 9.17) is 4.74 Å². The van der Waals surface area contributed by atoms with Gasteiger partial charge in [0, 0.05) is 24.1 Å². The third-order valence-electron chi connectivity index (χ3n) is 6.24. The van der Waals surface area contributed by atoms with Crippen molar-refractivity contribution in [3.8, 4) is 5.75 Å². The van der Waals surface area contributed by atoms with E-state index in [0.717, 1.165) is 36.1 Å². The summed E-state index contributed by atoms with van der Waals surface area (Å²) >= 11 is 0. The predicted octanol–water partition coefficient (Wildman–Crippen LogP) is 3.85. The Hall–Kier alpha value is -2.60. The van der Waals surface area contributed by atoms with Gasteiger partial charge in [0.25, 0.3) is 0 Å². The minimum Gasteiger partial charge on any atom is -0.487 e. The number of fused-ring (bicyclic) bond motifs is 2. The van der Waals surface area contributed by atoms with Gasteiger partial charge >= 0.3 is 6.03 Å². The SMILES string of the molecule is O=C(Nc1cccc2c1C[C@H](O)C2)N[C@@H]1CC2(CCC2)Oc2ccc(F)cc21. The summed E-state index contributed by atoms with van der Waals surface area (Å²) in [6.45, 7) is 0. The zero-order valence-corrected chi connectivity index (χ0v) is 15.5. The lowest BCUT2D eigenvalue weighted by Crippen LogP contribution is -2.50. The van der Waals surface area contributed by atoms with E-state index in [1.54, 1.807) is 6.07 Å². The standard InChI is InChI=1S/C22H23FN2O3/c23-14-5-6-20-17(10-14)19(12-22(28-20)7-2-8-22)25-21(27)24-18-4-1-3-13-9-15(26)11-16(13)18/h1,3-6,10,15,19,26H,2,7-9,11-12H2,(H2,24,25,27)/t15-,19-/m1/s1. The van der Waals surface area contributed by atoms with E-state index in [2.05, 4.69) is 10.6 Å². The van der Waals surface area contributed by atoms with Crippen LogP contribution in [0.2, 0.25) is 0 Å². The highest BCUT2D eigenvalue weighted by molar-refractivity contribution is 5.90. The molecule has 0 unspecified atom stereocenters. The Morgan fingerprint density at radius 2 is 2.07 bits per heavy atom. The molecule has 1 saturated carbocycles. The zero-order chi connectivity index (χ0) is 19.3. The normalized spacial score (nSPS) is 23.9. The number of aliphatic hydroxyl groups is 1. The lowest BCUT2D eigenvalue weighted by atomic mass is 9.73. The predicted molar refractivity (Wildman–Crippen MR) is 103 cm³/mol. The first-order valence-corrected chi connectivity index (χ1v) is 9.86. The van der Waals surface area contributed by atoms with Crippen LogP contribution in [0.3, 0.4) is 0 Å². The summed E-state index contributed by atoms with van der Waals surface area (Å²) in [6, 6.07) is 9.58. The third kappa shape index (κ3) is 3.02. The van der Waals surface area contributed by atoms with Gasteiger partial charge in [-0.15, -0.1) is 0 Å². The molecule has 146 valence electrons. The Balaban J connectivity index is 1.37. The number of carbonyl (C=O) groups excluding carboxylic acids is 1. The average Bonchev–Trinajstić information content (AvgIpc) is 3.02. The zero-order valence-electron chi connectivity index (χ0n) is 15.5. The van der Waals surface area contributed by atoms with Gasteiger partial charge in [-0.25, -0.2) is 9.18 Å². The molecule has 1 heterocycles.